The molecule has 0 saturated heterocycles. The molecule has 0 saturated carbocycles. The van der Waals surface area contributed by atoms with Gasteiger partial charge < -0.3 is 10.2 Å². The van der Waals surface area contributed by atoms with Crippen LogP contribution in [0.1, 0.15) is 149 Å². The molecule has 0 fully saturated rings. The second-order valence-electron chi connectivity index (χ2n) is 12.8. The molecule has 4 amide bonds. The monoisotopic (exact) mass is 666 g/mol. The van der Waals surface area contributed by atoms with E-state index in [4.69, 9.17) is 0 Å². The van der Waals surface area contributed by atoms with Crippen molar-refractivity contribution < 1.29 is 29.4 Å². The number of amides is 4. The molecule has 6 N–H and O–H groups in total. The van der Waals surface area contributed by atoms with Crippen LogP contribution < -0.4 is 21.7 Å². The lowest BCUT2D eigenvalue weighted by molar-refractivity contribution is -0.128. The summed E-state index contributed by atoms with van der Waals surface area (Å²) < 4.78 is 0. The number of unbranched alkanes of at least 4 members (excludes halogenated alkanes) is 6. The van der Waals surface area contributed by atoms with Gasteiger partial charge in [0.2, 0.25) is 11.8 Å². The fourth-order valence-electron chi connectivity index (χ4n) is 5.84. The van der Waals surface area contributed by atoms with Crippen molar-refractivity contribution in [3.8, 4) is 11.5 Å². The highest BCUT2D eigenvalue weighted by molar-refractivity contribution is 5.98. The fraction of sp³-hybridized carbons (Fsp3) is 0.579. The zero-order valence-corrected chi connectivity index (χ0v) is 29.5. The molecule has 48 heavy (non-hydrogen) atoms. The van der Waals surface area contributed by atoms with Crippen LogP contribution in [-0.4, -0.2) is 33.8 Å². The first kappa shape index (κ1) is 40.1. The van der Waals surface area contributed by atoms with Crippen LogP contribution in [0.5, 0.6) is 11.5 Å². The van der Waals surface area contributed by atoms with E-state index in [1.807, 2.05) is 13.8 Å². The molecule has 2 rings (SSSR count). The van der Waals surface area contributed by atoms with E-state index >= 15 is 0 Å². The number of hydrogen-bond acceptors (Lipinski definition) is 6. The van der Waals surface area contributed by atoms with Crippen molar-refractivity contribution in [1.82, 2.24) is 21.7 Å². The van der Waals surface area contributed by atoms with Gasteiger partial charge in [-0.3, -0.25) is 40.9 Å². The van der Waals surface area contributed by atoms with Gasteiger partial charge in [0.25, 0.3) is 11.8 Å². The number of phenolic OH excluding ortho intramolecular Hbond substituents is 2. The molecular weight excluding hydrogens is 608 g/mol. The van der Waals surface area contributed by atoms with Gasteiger partial charge in [-0.1, -0.05) is 91.2 Å². The van der Waals surface area contributed by atoms with Gasteiger partial charge >= 0.3 is 0 Å². The Bertz CT molecular complexity index is 1210. The number of hydrogen-bond donors (Lipinski definition) is 6. The van der Waals surface area contributed by atoms with Crippen molar-refractivity contribution >= 4 is 23.6 Å². The number of phenols is 2. The summed E-state index contributed by atoms with van der Waals surface area (Å²) in [6.07, 6.45) is 13.7. The van der Waals surface area contributed by atoms with Gasteiger partial charge in [-0.15, -0.1) is 0 Å². The molecule has 0 spiro atoms. The predicted molar refractivity (Wildman–Crippen MR) is 189 cm³/mol. The molecule has 10 heteroatoms. The van der Waals surface area contributed by atoms with Crippen LogP contribution in [0.2, 0.25) is 0 Å². The number of carbonyl (C=O) groups excluding carboxylic acids is 4. The first-order valence-electron chi connectivity index (χ1n) is 18.0. The quantitative estimate of drug-likeness (QED) is 0.0612. The third-order valence-electron chi connectivity index (χ3n) is 8.73. The summed E-state index contributed by atoms with van der Waals surface area (Å²) >= 11 is 0. The summed E-state index contributed by atoms with van der Waals surface area (Å²) in [7, 11) is 0. The second kappa shape index (κ2) is 22.5. The average molecular weight is 667 g/mol. The Morgan fingerprint density at radius 1 is 0.521 bits per heavy atom. The molecule has 0 bridgehead atoms. The average Bonchev–Trinajstić information content (AvgIpc) is 3.08. The molecule has 2 atom stereocenters. The number of aryl methyl sites for hydroxylation is 2. The number of nitrogens with one attached hydrogen (secondary N) is 4. The lowest BCUT2D eigenvalue weighted by Gasteiger charge is -2.21. The third-order valence-corrected chi connectivity index (χ3v) is 8.73. The summed E-state index contributed by atoms with van der Waals surface area (Å²) in [5.74, 6) is -3.15. The zero-order chi connectivity index (χ0) is 35.3. The highest BCUT2D eigenvalue weighted by Crippen LogP contribution is 2.23. The van der Waals surface area contributed by atoms with Crippen molar-refractivity contribution in [1.29, 1.82) is 0 Å². The smallest absolute Gasteiger partial charge is 0.273 e. The number of aromatic hydroxyl groups is 2. The summed E-state index contributed by atoms with van der Waals surface area (Å²) in [6, 6.07) is 9.93. The summed E-state index contributed by atoms with van der Waals surface area (Å²) in [6.45, 7) is 8.22. The van der Waals surface area contributed by atoms with E-state index in [1.165, 1.54) is 12.1 Å². The first-order valence-corrected chi connectivity index (χ1v) is 18.0. The lowest BCUT2D eigenvalue weighted by atomic mass is 9.89. The second-order valence-corrected chi connectivity index (χ2v) is 12.8. The van der Waals surface area contributed by atoms with Crippen LogP contribution in [0.15, 0.2) is 36.4 Å². The molecule has 10 nitrogen and oxygen atoms in total. The normalized spacial score (nSPS) is 12.2. The number of rotatable bonds is 21. The van der Waals surface area contributed by atoms with Gasteiger partial charge in [-0.05, 0) is 86.8 Å². The molecule has 0 heterocycles. The largest absolute Gasteiger partial charge is 0.507 e. The summed E-state index contributed by atoms with van der Waals surface area (Å²) in [5, 5.41) is 20.6. The van der Waals surface area contributed by atoms with Gasteiger partial charge in [-0.25, -0.2) is 0 Å². The topological polar surface area (TPSA) is 157 Å². The van der Waals surface area contributed by atoms with E-state index in [9.17, 15) is 29.4 Å². The molecule has 0 aliphatic heterocycles. The SMILES string of the molecule is CCCCCCc1ccc(O)c(C(=O)NNC(=O)C(CCC)CCC(CCC)C(=O)NNC(=O)c2cc(CCCCCC)ccc2O)c1. The van der Waals surface area contributed by atoms with E-state index in [1.54, 1.807) is 24.3 Å². The van der Waals surface area contributed by atoms with Gasteiger partial charge in [0, 0.05) is 11.8 Å². The maximum absolute atomic E-state index is 13.1. The van der Waals surface area contributed by atoms with Gasteiger partial charge in [0.1, 0.15) is 11.5 Å². The Morgan fingerprint density at radius 2 is 0.917 bits per heavy atom. The highest BCUT2D eigenvalue weighted by atomic mass is 16.3. The Balaban J connectivity index is 1.94. The van der Waals surface area contributed by atoms with E-state index in [0.29, 0.717) is 25.7 Å². The van der Waals surface area contributed by atoms with Crippen molar-refractivity contribution in [3.63, 3.8) is 0 Å². The Morgan fingerprint density at radius 3 is 1.27 bits per heavy atom. The zero-order valence-electron chi connectivity index (χ0n) is 29.5. The van der Waals surface area contributed by atoms with Crippen LogP contribution in [0.4, 0.5) is 0 Å². The predicted octanol–water partition coefficient (Wildman–Crippen LogP) is 7.18. The molecule has 2 aromatic rings. The lowest BCUT2D eigenvalue weighted by Crippen LogP contribution is -2.46. The minimum Gasteiger partial charge on any atom is -0.507 e. The van der Waals surface area contributed by atoms with Gasteiger partial charge in [0.05, 0.1) is 11.1 Å². The third kappa shape index (κ3) is 14.0. The standard InChI is InChI=1S/C38H58N4O6/c1-5-9-11-13-17-27-19-23-33(43)31(25-27)37(47)41-39-35(45)29(15-7-3)21-22-30(16-8-4)36(46)40-42-38(48)32-26-28(20-24-34(32)44)18-14-12-10-6-2/h19-20,23-26,29-30,43-44H,5-18,21-22H2,1-4H3,(H,39,45)(H,40,46)(H,41,47)(H,42,48). The van der Waals surface area contributed by atoms with Crippen molar-refractivity contribution in [3.05, 3.63) is 58.7 Å². The molecule has 0 radical (unpaired) electrons. The van der Waals surface area contributed by atoms with E-state index in [2.05, 4.69) is 35.6 Å². The van der Waals surface area contributed by atoms with Crippen LogP contribution in [0.25, 0.3) is 0 Å². The fourth-order valence-corrected chi connectivity index (χ4v) is 5.84. The Hall–Kier alpha value is -4.08. The maximum atomic E-state index is 13.1. The van der Waals surface area contributed by atoms with Gasteiger partial charge in [-0.2, -0.15) is 0 Å². The molecule has 0 aromatic heterocycles. The molecule has 266 valence electrons. The van der Waals surface area contributed by atoms with Crippen LogP contribution in [0.3, 0.4) is 0 Å². The van der Waals surface area contributed by atoms with Crippen LogP contribution >= 0.6 is 0 Å². The van der Waals surface area contributed by atoms with Crippen molar-refractivity contribution in [2.45, 2.75) is 130 Å². The van der Waals surface area contributed by atoms with Crippen molar-refractivity contribution in [2.24, 2.45) is 11.8 Å². The van der Waals surface area contributed by atoms with Crippen LogP contribution in [-0.2, 0) is 22.4 Å². The number of hydrazine groups is 2. The van der Waals surface area contributed by atoms with Crippen LogP contribution in [0, 0.1) is 11.8 Å². The highest BCUT2D eigenvalue weighted by Gasteiger charge is 2.25. The molecule has 2 aromatic carbocycles. The first-order chi connectivity index (χ1) is 23.1. The summed E-state index contributed by atoms with van der Waals surface area (Å²) in [4.78, 5) is 52.0. The van der Waals surface area contributed by atoms with E-state index < -0.39 is 23.7 Å². The molecule has 0 aliphatic carbocycles. The Kier molecular flexibility index (Phi) is 18.8. The maximum Gasteiger partial charge on any atom is 0.273 e. The van der Waals surface area contributed by atoms with E-state index in [0.717, 1.165) is 88.2 Å². The minimum atomic E-state index is -0.599. The Labute approximate surface area is 286 Å². The minimum absolute atomic E-state index is 0.101. The van der Waals surface area contributed by atoms with E-state index in [-0.39, 0.29) is 34.4 Å². The van der Waals surface area contributed by atoms with Gasteiger partial charge in [0.15, 0.2) is 0 Å². The molecule has 0 aliphatic rings. The summed E-state index contributed by atoms with van der Waals surface area (Å²) in [5.41, 5.74) is 12.0. The molecular formula is C38H58N4O6. The van der Waals surface area contributed by atoms with Crippen molar-refractivity contribution in [2.75, 3.05) is 0 Å². The molecule has 2 unspecified atom stereocenters. The number of benzene rings is 2. The number of carbonyl (C=O) groups is 4.